The van der Waals surface area contributed by atoms with E-state index in [1.54, 1.807) is 0 Å². The third-order valence-corrected chi connectivity index (χ3v) is 4.43. The van der Waals surface area contributed by atoms with Crippen molar-refractivity contribution in [3.05, 3.63) is 103 Å². The summed E-state index contributed by atoms with van der Waals surface area (Å²) < 4.78 is 0. The van der Waals surface area contributed by atoms with Crippen LogP contribution in [0.2, 0.25) is 0 Å². The van der Waals surface area contributed by atoms with Gasteiger partial charge < -0.3 is 4.98 Å². The molecule has 0 fully saturated rings. The Morgan fingerprint density at radius 2 is 1.35 bits per heavy atom. The van der Waals surface area contributed by atoms with E-state index in [2.05, 4.69) is 90.9 Å². The molecule has 4 rings (SSSR count). The summed E-state index contributed by atoms with van der Waals surface area (Å²) in [6, 6.07) is 26.9. The molecule has 0 saturated carbocycles. The van der Waals surface area contributed by atoms with E-state index in [1.165, 1.54) is 27.4 Å². The molecule has 1 N–H and O–H groups in total. The molecular weight excluding hydrogens is 334 g/mol. The molecule has 0 spiro atoms. The lowest BCUT2D eigenvalue weighted by Crippen LogP contribution is -1.77. The molecule has 2 heteroatoms. The summed E-state index contributed by atoms with van der Waals surface area (Å²) in [6.07, 6.45) is 5.14. The highest BCUT2D eigenvalue weighted by Crippen LogP contribution is 2.24. The van der Waals surface area contributed by atoms with Crippen molar-refractivity contribution < 1.29 is 0 Å². The van der Waals surface area contributed by atoms with Crippen LogP contribution in [0.1, 0.15) is 12.0 Å². The molecule has 0 aliphatic rings. The highest BCUT2D eigenvalue weighted by molar-refractivity contribution is 7.80. The van der Waals surface area contributed by atoms with Gasteiger partial charge >= 0.3 is 0 Å². The predicted molar refractivity (Wildman–Crippen MR) is 119 cm³/mol. The molecule has 3 aromatic carbocycles. The van der Waals surface area contributed by atoms with E-state index in [0.717, 1.165) is 17.7 Å². The summed E-state index contributed by atoms with van der Waals surface area (Å²) in [6.45, 7) is 3.99. The van der Waals surface area contributed by atoms with Gasteiger partial charge in [-0.2, -0.15) is 12.6 Å². The van der Waals surface area contributed by atoms with Gasteiger partial charge in [-0.05, 0) is 35.4 Å². The monoisotopic (exact) mass is 357 g/mol. The molecule has 4 aromatic rings. The number of hydrogen-bond acceptors (Lipinski definition) is 1. The van der Waals surface area contributed by atoms with Crippen molar-refractivity contribution in [2.75, 3.05) is 5.75 Å². The molecule has 0 aliphatic heterocycles. The van der Waals surface area contributed by atoms with E-state index in [1.807, 2.05) is 24.3 Å². The van der Waals surface area contributed by atoms with Gasteiger partial charge in [0.15, 0.2) is 0 Å². The fourth-order valence-electron chi connectivity index (χ4n) is 2.85. The first-order chi connectivity index (χ1) is 12.8. The maximum absolute atomic E-state index is 4.13. The van der Waals surface area contributed by atoms with Gasteiger partial charge in [-0.25, -0.2) is 0 Å². The smallest absolute Gasteiger partial charge is 0.0464 e. The van der Waals surface area contributed by atoms with Crippen molar-refractivity contribution in [1.29, 1.82) is 0 Å². The second kappa shape index (κ2) is 9.12. The van der Waals surface area contributed by atoms with Crippen molar-refractivity contribution >= 4 is 40.0 Å². The molecule has 130 valence electrons. The summed E-state index contributed by atoms with van der Waals surface area (Å²) in [5.41, 5.74) is 4.66. The van der Waals surface area contributed by atoms with Crippen LogP contribution in [0.5, 0.6) is 0 Å². The lowest BCUT2D eigenvalue weighted by atomic mass is 10.1. The third-order valence-electron chi connectivity index (χ3n) is 4.17. The van der Waals surface area contributed by atoms with Gasteiger partial charge in [0.2, 0.25) is 0 Å². The fraction of sp³-hybridized carbons (Fsp3) is 0.0833. The van der Waals surface area contributed by atoms with Crippen LogP contribution < -0.4 is 0 Å². The maximum atomic E-state index is 4.13. The van der Waals surface area contributed by atoms with Crippen LogP contribution in [0.4, 0.5) is 0 Å². The molecule has 0 bridgehead atoms. The van der Waals surface area contributed by atoms with Crippen molar-refractivity contribution in [1.82, 2.24) is 4.98 Å². The molecule has 1 nitrogen and oxygen atoms in total. The van der Waals surface area contributed by atoms with Crippen LogP contribution >= 0.6 is 12.6 Å². The lowest BCUT2D eigenvalue weighted by molar-refractivity contribution is 1.25. The number of para-hydroxylation sites is 2. The van der Waals surface area contributed by atoms with Gasteiger partial charge in [0.05, 0.1) is 0 Å². The minimum Gasteiger partial charge on any atom is -0.355 e. The molecule has 26 heavy (non-hydrogen) atoms. The summed E-state index contributed by atoms with van der Waals surface area (Å²) in [7, 11) is 0. The van der Waals surface area contributed by atoms with E-state index in [4.69, 9.17) is 0 Å². The van der Waals surface area contributed by atoms with Gasteiger partial charge in [0.25, 0.3) is 0 Å². The number of aromatic nitrogens is 1. The van der Waals surface area contributed by atoms with Crippen LogP contribution in [0.3, 0.4) is 0 Å². The highest BCUT2D eigenvalue weighted by Gasteiger charge is 2.00. The number of hydrogen-bond donors (Lipinski definition) is 2. The number of thiol groups is 1. The molecule has 0 unspecified atom stereocenters. The third kappa shape index (κ3) is 4.47. The van der Waals surface area contributed by atoms with Gasteiger partial charge in [0, 0.05) is 21.8 Å². The first kappa shape index (κ1) is 18.1. The van der Waals surface area contributed by atoms with Crippen LogP contribution in [-0.2, 0) is 0 Å². The van der Waals surface area contributed by atoms with Gasteiger partial charge in [0.1, 0.15) is 0 Å². The number of allylic oxidation sites excluding steroid dienone is 3. The SMILES string of the molecule is C=C(/C=C\CCS)c1ccccc1.c1ccc2c(c1)[nH]c1ccccc12. The first-order valence-electron chi connectivity index (χ1n) is 8.77. The number of rotatable bonds is 4. The number of benzene rings is 3. The maximum Gasteiger partial charge on any atom is 0.0464 e. The first-order valence-corrected chi connectivity index (χ1v) is 9.40. The van der Waals surface area contributed by atoms with Gasteiger partial charge in [-0.15, -0.1) is 0 Å². The van der Waals surface area contributed by atoms with Crippen LogP contribution in [0.25, 0.3) is 27.4 Å². The van der Waals surface area contributed by atoms with Gasteiger partial charge in [-0.1, -0.05) is 85.5 Å². The second-order valence-corrected chi connectivity index (χ2v) is 6.47. The van der Waals surface area contributed by atoms with Crippen LogP contribution in [0, 0.1) is 0 Å². The zero-order valence-electron chi connectivity index (χ0n) is 14.7. The Balaban J connectivity index is 0.000000151. The summed E-state index contributed by atoms with van der Waals surface area (Å²) in [5.74, 6) is 0.887. The minimum atomic E-state index is 0.887. The molecule has 0 radical (unpaired) electrons. The molecule has 0 aliphatic carbocycles. The zero-order valence-corrected chi connectivity index (χ0v) is 15.6. The van der Waals surface area contributed by atoms with E-state index in [0.29, 0.717) is 0 Å². The molecule has 0 amide bonds. The lowest BCUT2D eigenvalue weighted by Gasteiger charge is -1.98. The Kier molecular flexibility index (Phi) is 6.34. The van der Waals surface area contributed by atoms with Crippen molar-refractivity contribution in [3.8, 4) is 0 Å². The standard InChI is InChI=1S/C12H9N.C12H14S/c1-3-7-11-9(5-1)10-6-2-4-8-12(10)13-11;1-11(7-5-6-10-13)12-8-3-2-4-9-12/h1-8,13H;2-5,7-9,13H,1,6,10H2/b;7-5-. The summed E-state index contributed by atoms with van der Waals surface area (Å²) in [5, 5.41) is 2.61. The number of nitrogens with one attached hydrogen (secondary N) is 1. The number of fused-ring (bicyclic) bond motifs is 3. The second-order valence-electron chi connectivity index (χ2n) is 6.02. The summed E-state index contributed by atoms with van der Waals surface area (Å²) in [4.78, 5) is 3.38. The fourth-order valence-corrected chi connectivity index (χ4v) is 3.00. The van der Waals surface area contributed by atoms with E-state index in [-0.39, 0.29) is 0 Å². The average molecular weight is 358 g/mol. The van der Waals surface area contributed by atoms with Crippen molar-refractivity contribution in [2.45, 2.75) is 6.42 Å². The quantitative estimate of drug-likeness (QED) is 0.292. The average Bonchev–Trinajstić information content (AvgIpc) is 3.08. The number of aromatic amines is 1. The minimum absolute atomic E-state index is 0.887. The van der Waals surface area contributed by atoms with Gasteiger partial charge in [-0.3, -0.25) is 0 Å². The normalized spacial score (nSPS) is 10.8. The highest BCUT2D eigenvalue weighted by atomic mass is 32.1. The molecule has 0 saturated heterocycles. The van der Waals surface area contributed by atoms with Crippen molar-refractivity contribution in [2.24, 2.45) is 0 Å². The molecular formula is C24H23NS. The zero-order chi connectivity index (χ0) is 18.2. The Morgan fingerprint density at radius 3 is 1.92 bits per heavy atom. The van der Waals surface area contributed by atoms with Crippen LogP contribution in [-0.4, -0.2) is 10.7 Å². The Hall–Kier alpha value is -2.71. The van der Waals surface area contributed by atoms with E-state index in [9.17, 15) is 0 Å². The molecule has 1 heterocycles. The molecule has 0 atom stereocenters. The van der Waals surface area contributed by atoms with Crippen molar-refractivity contribution in [3.63, 3.8) is 0 Å². The number of H-pyrrole nitrogens is 1. The Morgan fingerprint density at radius 1 is 0.808 bits per heavy atom. The summed E-state index contributed by atoms with van der Waals surface area (Å²) >= 11 is 4.13. The topological polar surface area (TPSA) is 15.8 Å². The Labute approximate surface area is 160 Å². The van der Waals surface area contributed by atoms with E-state index < -0.39 is 0 Å². The predicted octanol–water partition coefficient (Wildman–Crippen LogP) is 6.90. The Bertz CT molecular complexity index is 962. The van der Waals surface area contributed by atoms with Crippen LogP contribution in [0.15, 0.2) is 97.6 Å². The largest absolute Gasteiger partial charge is 0.355 e. The molecule has 1 aromatic heterocycles. The van der Waals surface area contributed by atoms with E-state index >= 15 is 0 Å².